The smallest absolute Gasteiger partial charge is 0.234 e. The summed E-state index contributed by atoms with van der Waals surface area (Å²) >= 11 is 0. The first-order valence-corrected chi connectivity index (χ1v) is 11.0. The Morgan fingerprint density at radius 2 is 1.55 bits per heavy atom. The van der Waals surface area contributed by atoms with Crippen LogP contribution < -0.4 is 5.32 Å². The molecule has 2 aliphatic rings. The summed E-state index contributed by atoms with van der Waals surface area (Å²) in [5.41, 5.74) is 1.20. The molecule has 0 aliphatic carbocycles. The number of amides is 1. The van der Waals surface area contributed by atoms with Gasteiger partial charge in [0.05, 0.1) is 18.8 Å². The number of aliphatic hydroxyl groups is 1. The van der Waals surface area contributed by atoms with E-state index in [1.54, 1.807) is 6.26 Å². The van der Waals surface area contributed by atoms with Crippen molar-refractivity contribution >= 4 is 5.91 Å². The molecule has 0 radical (unpaired) electrons. The molecule has 1 unspecified atom stereocenters. The molecule has 5 heteroatoms. The summed E-state index contributed by atoms with van der Waals surface area (Å²) in [6.07, 6.45) is 4.82. The topological polar surface area (TPSA) is 65.7 Å². The van der Waals surface area contributed by atoms with Gasteiger partial charge < -0.3 is 14.8 Å². The van der Waals surface area contributed by atoms with E-state index < -0.39 is 5.60 Å². The maximum absolute atomic E-state index is 13.1. The lowest BCUT2D eigenvalue weighted by atomic mass is 9.84. The average Bonchev–Trinajstić information content (AvgIpc) is 3.42. The monoisotopic (exact) mass is 416 g/mol. The first-order chi connectivity index (χ1) is 15.1. The van der Waals surface area contributed by atoms with E-state index >= 15 is 0 Å². The van der Waals surface area contributed by atoms with Crippen molar-refractivity contribution < 1.29 is 14.3 Å². The number of carbonyl (C=O) groups is 1. The van der Waals surface area contributed by atoms with E-state index in [0.29, 0.717) is 25.1 Å². The Morgan fingerprint density at radius 3 is 2.06 bits per heavy atom. The molecule has 5 nitrogen and oxygen atoms in total. The zero-order chi connectivity index (χ0) is 21.3. The Morgan fingerprint density at radius 1 is 0.968 bits per heavy atom. The minimum atomic E-state index is -0.932. The Bertz CT molecular complexity index is 950. The lowest BCUT2D eigenvalue weighted by Crippen LogP contribution is -2.52. The van der Waals surface area contributed by atoms with Crippen molar-refractivity contribution in [1.29, 1.82) is 0 Å². The van der Waals surface area contributed by atoms with Gasteiger partial charge in [-0.15, -0.1) is 0 Å². The fraction of sp³-hybridized carbons (Fsp3) is 0.346. The molecular formula is C26H28N2O3. The lowest BCUT2D eigenvalue weighted by molar-refractivity contribution is -0.127. The Kier molecular flexibility index (Phi) is 5.38. The highest BCUT2D eigenvalue weighted by molar-refractivity contribution is 5.79. The summed E-state index contributed by atoms with van der Waals surface area (Å²) < 4.78 is 5.52. The van der Waals surface area contributed by atoms with Crippen LogP contribution in [0.1, 0.15) is 48.6 Å². The summed E-state index contributed by atoms with van der Waals surface area (Å²) in [5, 5.41) is 14.4. The third-order valence-electron chi connectivity index (χ3n) is 6.79. The number of piperidine rings is 1. The molecule has 2 saturated heterocycles. The van der Waals surface area contributed by atoms with Crippen LogP contribution in [0.25, 0.3) is 0 Å². The molecule has 0 spiro atoms. The molecule has 2 aromatic carbocycles. The summed E-state index contributed by atoms with van der Waals surface area (Å²) in [5.74, 6) is 0.653. The lowest BCUT2D eigenvalue weighted by Gasteiger charge is -2.42. The van der Waals surface area contributed by atoms with Crippen molar-refractivity contribution in [2.24, 2.45) is 0 Å². The number of nitrogens with one attached hydrogen (secondary N) is 1. The highest BCUT2D eigenvalue weighted by atomic mass is 16.4. The zero-order valence-corrected chi connectivity index (χ0v) is 17.5. The van der Waals surface area contributed by atoms with E-state index in [0.717, 1.165) is 24.0 Å². The van der Waals surface area contributed by atoms with Crippen LogP contribution in [0.15, 0.2) is 83.5 Å². The summed E-state index contributed by atoms with van der Waals surface area (Å²) in [4.78, 5) is 15.4. The van der Waals surface area contributed by atoms with Gasteiger partial charge >= 0.3 is 0 Å². The number of fused-ring (bicyclic) bond motifs is 2. The molecule has 160 valence electrons. The predicted molar refractivity (Wildman–Crippen MR) is 118 cm³/mol. The third-order valence-corrected chi connectivity index (χ3v) is 6.79. The second-order valence-electron chi connectivity index (χ2n) is 8.80. The highest BCUT2D eigenvalue weighted by Gasteiger charge is 2.50. The van der Waals surface area contributed by atoms with Crippen molar-refractivity contribution in [2.45, 2.75) is 49.4 Å². The van der Waals surface area contributed by atoms with Crippen molar-refractivity contribution in [2.75, 3.05) is 6.54 Å². The van der Waals surface area contributed by atoms with Crippen LogP contribution in [0.4, 0.5) is 0 Å². The summed E-state index contributed by atoms with van der Waals surface area (Å²) in [6, 6.07) is 24.0. The fourth-order valence-electron chi connectivity index (χ4n) is 5.34. The number of carbonyl (C=O) groups excluding carboxylic acids is 1. The van der Waals surface area contributed by atoms with Crippen LogP contribution >= 0.6 is 0 Å². The van der Waals surface area contributed by atoms with Gasteiger partial charge in [0.25, 0.3) is 0 Å². The van der Waals surface area contributed by atoms with Gasteiger partial charge in [0.2, 0.25) is 5.91 Å². The minimum Gasteiger partial charge on any atom is -0.466 e. The van der Waals surface area contributed by atoms with Crippen LogP contribution in [-0.4, -0.2) is 34.5 Å². The number of rotatable bonds is 6. The van der Waals surface area contributed by atoms with Gasteiger partial charge in [0, 0.05) is 12.1 Å². The van der Waals surface area contributed by atoms with E-state index in [2.05, 4.69) is 10.2 Å². The van der Waals surface area contributed by atoms with Gasteiger partial charge in [-0.1, -0.05) is 60.7 Å². The van der Waals surface area contributed by atoms with Crippen molar-refractivity contribution in [1.82, 2.24) is 10.2 Å². The van der Waals surface area contributed by atoms with Gasteiger partial charge in [-0.2, -0.15) is 0 Å². The standard InChI is InChI=1S/C26H28N2O3/c29-24(27-25(19-8-3-1-4-9-19)20-10-5-2-6-11-20)18-28-21-13-14-22(28)17-26(30,16-21)23-12-7-15-31-23/h1-12,15,21-22,25,30H,13-14,16-18H2,(H,27,29)/t21-,22+,26?. The average molecular weight is 417 g/mol. The van der Waals surface area contributed by atoms with E-state index in [-0.39, 0.29) is 24.0 Å². The van der Waals surface area contributed by atoms with E-state index in [1.165, 1.54) is 0 Å². The predicted octanol–water partition coefficient (Wildman–Crippen LogP) is 4.00. The molecule has 3 aromatic rings. The Balaban J connectivity index is 1.30. The molecule has 2 fully saturated rings. The third kappa shape index (κ3) is 4.03. The van der Waals surface area contributed by atoms with E-state index in [1.807, 2.05) is 72.8 Å². The largest absolute Gasteiger partial charge is 0.466 e. The van der Waals surface area contributed by atoms with E-state index in [4.69, 9.17) is 4.42 Å². The minimum absolute atomic E-state index is 0.0121. The van der Waals surface area contributed by atoms with Gasteiger partial charge in [-0.25, -0.2) is 0 Å². The normalized spacial score (nSPS) is 25.6. The maximum atomic E-state index is 13.1. The molecular weight excluding hydrogens is 388 g/mol. The van der Waals surface area contributed by atoms with Crippen LogP contribution in [0, 0.1) is 0 Å². The van der Waals surface area contributed by atoms with Crippen LogP contribution in [-0.2, 0) is 10.4 Å². The molecule has 2 aliphatic heterocycles. The molecule has 2 N–H and O–H groups in total. The SMILES string of the molecule is O=C(CN1[C@@H]2CC[C@H]1CC(O)(c1ccco1)C2)NC(c1ccccc1)c1ccccc1. The fourth-order valence-corrected chi connectivity index (χ4v) is 5.34. The highest BCUT2D eigenvalue weighted by Crippen LogP contribution is 2.45. The molecule has 2 bridgehead atoms. The molecule has 3 heterocycles. The van der Waals surface area contributed by atoms with Crippen molar-refractivity contribution in [3.05, 3.63) is 95.9 Å². The van der Waals surface area contributed by atoms with Gasteiger partial charge in [0.1, 0.15) is 11.4 Å². The van der Waals surface area contributed by atoms with Gasteiger partial charge in [0.15, 0.2) is 0 Å². The van der Waals surface area contributed by atoms with Crippen LogP contribution in [0.2, 0.25) is 0 Å². The zero-order valence-electron chi connectivity index (χ0n) is 17.5. The van der Waals surface area contributed by atoms with Crippen molar-refractivity contribution in [3.8, 4) is 0 Å². The second kappa shape index (κ2) is 8.33. The van der Waals surface area contributed by atoms with Gasteiger partial charge in [-0.05, 0) is 48.9 Å². The number of hydrogen-bond acceptors (Lipinski definition) is 4. The summed E-state index contributed by atoms with van der Waals surface area (Å²) in [7, 11) is 0. The number of nitrogens with zero attached hydrogens (tertiary/aromatic N) is 1. The molecule has 0 saturated carbocycles. The van der Waals surface area contributed by atoms with E-state index in [9.17, 15) is 9.90 Å². The number of benzene rings is 2. The molecule has 3 atom stereocenters. The van der Waals surface area contributed by atoms with Crippen LogP contribution in [0.3, 0.4) is 0 Å². The molecule has 5 rings (SSSR count). The van der Waals surface area contributed by atoms with Crippen molar-refractivity contribution in [3.63, 3.8) is 0 Å². The Labute approximate surface area is 182 Å². The first-order valence-electron chi connectivity index (χ1n) is 11.0. The number of hydrogen-bond donors (Lipinski definition) is 2. The quantitative estimate of drug-likeness (QED) is 0.638. The summed E-state index contributed by atoms with van der Waals surface area (Å²) in [6.45, 7) is 0.347. The van der Waals surface area contributed by atoms with Gasteiger partial charge in [-0.3, -0.25) is 9.69 Å². The second-order valence-corrected chi connectivity index (χ2v) is 8.80. The number of furan rings is 1. The molecule has 31 heavy (non-hydrogen) atoms. The molecule has 1 aromatic heterocycles. The maximum Gasteiger partial charge on any atom is 0.234 e. The molecule has 1 amide bonds. The Hall–Kier alpha value is -2.89. The van der Waals surface area contributed by atoms with Crippen LogP contribution in [0.5, 0.6) is 0 Å². The first kappa shape index (κ1) is 20.0.